The third-order valence-corrected chi connectivity index (χ3v) is 6.46. The summed E-state index contributed by atoms with van der Waals surface area (Å²) in [5, 5.41) is 0. The van der Waals surface area contributed by atoms with Gasteiger partial charge in [0.2, 0.25) is 0 Å². The molecule has 2 aromatic rings. The lowest BCUT2D eigenvalue weighted by molar-refractivity contribution is 0.0600. The molecule has 0 unspecified atom stereocenters. The van der Waals surface area contributed by atoms with Gasteiger partial charge in [0, 0.05) is 26.2 Å². The van der Waals surface area contributed by atoms with E-state index in [1.807, 2.05) is 30.3 Å². The Morgan fingerprint density at radius 1 is 0.931 bits per heavy atom. The highest BCUT2D eigenvalue weighted by atomic mass is 32.2. The number of sulfone groups is 1. The van der Waals surface area contributed by atoms with Crippen LogP contribution in [0.5, 0.6) is 0 Å². The lowest BCUT2D eigenvalue weighted by atomic mass is 10.1. The summed E-state index contributed by atoms with van der Waals surface area (Å²) >= 11 is 0. The van der Waals surface area contributed by atoms with Crippen molar-refractivity contribution in [2.75, 3.05) is 31.7 Å². The van der Waals surface area contributed by atoms with E-state index in [0.717, 1.165) is 11.1 Å². The molecule has 2 amide bonds. The first-order valence-electron chi connectivity index (χ1n) is 9.33. The number of urea groups is 1. The number of hydrogen-bond donors (Lipinski definition) is 0. The van der Waals surface area contributed by atoms with E-state index in [9.17, 15) is 18.0 Å². The van der Waals surface area contributed by atoms with Crippen molar-refractivity contribution in [3.8, 4) is 0 Å². The van der Waals surface area contributed by atoms with Crippen molar-refractivity contribution in [3.63, 3.8) is 0 Å². The Bertz CT molecular complexity index is 944. The smallest absolute Gasteiger partial charge is 0.337 e. The molecule has 1 aliphatic heterocycles. The van der Waals surface area contributed by atoms with E-state index < -0.39 is 15.8 Å². The van der Waals surface area contributed by atoms with Crippen LogP contribution in [-0.2, 0) is 27.7 Å². The summed E-state index contributed by atoms with van der Waals surface area (Å²) < 4.78 is 28.1. The lowest BCUT2D eigenvalue weighted by Crippen LogP contribution is -2.49. The molecule has 1 heterocycles. The summed E-state index contributed by atoms with van der Waals surface area (Å²) in [6.45, 7) is 1.15. The van der Waals surface area contributed by atoms with Crippen molar-refractivity contribution in [2.24, 2.45) is 0 Å². The van der Waals surface area contributed by atoms with Crippen LogP contribution >= 0.6 is 0 Å². The van der Waals surface area contributed by atoms with Crippen molar-refractivity contribution in [1.82, 2.24) is 9.80 Å². The first-order valence-corrected chi connectivity index (χ1v) is 11.2. The fourth-order valence-electron chi connectivity index (χ4n) is 3.18. The quantitative estimate of drug-likeness (QED) is 0.699. The van der Waals surface area contributed by atoms with Gasteiger partial charge in [-0.3, -0.25) is 0 Å². The number of benzene rings is 2. The second-order valence-electron chi connectivity index (χ2n) is 6.95. The molecule has 3 rings (SSSR count). The molecule has 2 aromatic carbocycles. The SMILES string of the molecule is COC(=O)c1ccc(CN(Cc2ccccc2)C(=O)N2CCS(=O)(=O)CC2)cc1. The monoisotopic (exact) mass is 416 g/mol. The molecule has 29 heavy (non-hydrogen) atoms. The Hall–Kier alpha value is -2.87. The van der Waals surface area contributed by atoms with Crippen LogP contribution in [0.2, 0.25) is 0 Å². The predicted octanol–water partition coefficient (Wildman–Crippen LogP) is 2.33. The lowest BCUT2D eigenvalue weighted by Gasteiger charge is -2.33. The number of ether oxygens (including phenoxy) is 1. The normalized spacial score (nSPS) is 15.6. The standard InChI is InChI=1S/C21H24N2O5S/c1-28-20(24)19-9-7-18(8-10-19)16-23(15-17-5-3-2-4-6-17)21(25)22-11-13-29(26,27)14-12-22/h2-10H,11-16H2,1H3. The van der Waals surface area contributed by atoms with Gasteiger partial charge in [-0.15, -0.1) is 0 Å². The Morgan fingerprint density at radius 2 is 1.48 bits per heavy atom. The van der Waals surface area contributed by atoms with E-state index in [1.165, 1.54) is 7.11 Å². The van der Waals surface area contributed by atoms with Crippen LogP contribution in [0, 0.1) is 0 Å². The highest BCUT2D eigenvalue weighted by Gasteiger charge is 2.28. The minimum atomic E-state index is -3.06. The van der Waals surface area contributed by atoms with E-state index in [1.54, 1.807) is 34.1 Å². The van der Waals surface area contributed by atoms with Crippen LogP contribution in [0.1, 0.15) is 21.5 Å². The van der Waals surface area contributed by atoms with Gasteiger partial charge >= 0.3 is 12.0 Å². The maximum atomic E-state index is 13.1. The van der Waals surface area contributed by atoms with Gasteiger partial charge in [0.15, 0.2) is 9.84 Å². The average molecular weight is 416 g/mol. The molecule has 154 valence electrons. The highest BCUT2D eigenvalue weighted by molar-refractivity contribution is 7.91. The molecule has 0 aliphatic carbocycles. The zero-order chi connectivity index (χ0) is 20.9. The largest absolute Gasteiger partial charge is 0.465 e. The second kappa shape index (κ2) is 9.09. The maximum Gasteiger partial charge on any atom is 0.337 e. The molecule has 1 aliphatic rings. The first kappa shape index (κ1) is 20.9. The van der Waals surface area contributed by atoms with Gasteiger partial charge in [-0.05, 0) is 23.3 Å². The van der Waals surface area contributed by atoms with Crippen molar-refractivity contribution >= 4 is 21.8 Å². The number of nitrogens with zero attached hydrogens (tertiary/aromatic N) is 2. The van der Waals surface area contributed by atoms with Crippen LogP contribution < -0.4 is 0 Å². The van der Waals surface area contributed by atoms with Crippen LogP contribution in [0.3, 0.4) is 0 Å². The molecule has 0 radical (unpaired) electrons. The van der Waals surface area contributed by atoms with Gasteiger partial charge < -0.3 is 14.5 Å². The Kier molecular flexibility index (Phi) is 6.53. The van der Waals surface area contributed by atoms with E-state index in [4.69, 9.17) is 4.74 Å². The fraction of sp³-hybridized carbons (Fsp3) is 0.333. The zero-order valence-electron chi connectivity index (χ0n) is 16.3. The van der Waals surface area contributed by atoms with E-state index in [0.29, 0.717) is 18.7 Å². The Balaban J connectivity index is 1.77. The minimum absolute atomic E-state index is 0.00819. The number of hydrogen-bond acceptors (Lipinski definition) is 5. The van der Waals surface area contributed by atoms with Crippen LogP contribution in [0.15, 0.2) is 54.6 Å². The molecule has 0 atom stereocenters. The summed E-state index contributed by atoms with van der Waals surface area (Å²) in [7, 11) is -1.74. The van der Waals surface area contributed by atoms with Crippen LogP contribution in [-0.4, -0.2) is 61.9 Å². The third kappa shape index (κ3) is 5.57. The highest BCUT2D eigenvalue weighted by Crippen LogP contribution is 2.16. The van der Waals surface area contributed by atoms with Crippen molar-refractivity contribution in [1.29, 1.82) is 0 Å². The minimum Gasteiger partial charge on any atom is -0.465 e. The summed E-state index contributed by atoms with van der Waals surface area (Å²) in [6.07, 6.45) is 0. The van der Waals surface area contributed by atoms with Crippen LogP contribution in [0.4, 0.5) is 4.79 Å². The molecule has 0 N–H and O–H groups in total. The molecule has 1 fully saturated rings. The predicted molar refractivity (Wildman–Crippen MR) is 109 cm³/mol. The number of rotatable bonds is 5. The average Bonchev–Trinajstić information content (AvgIpc) is 2.73. The number of esters is 1. The molecular formula is C21H24N2O5S. The second-order valence-corrected chi connectivity index (χ2v) is 9.26. The molecular weight excluding hydrogens is 392 g/mol. The first-order chi connectivity index (χ1) is 13.9. The number of carbonyl (C=O) groups is 2. The van der Waals surface area contributed by atoms with Gasteiger partial charge in [-0.2, -0.15) is 0 Å². The zero-order valence-corrected chi connectivity index (χ0v) is 17.1. The van der Waals surface area contributed by atoms with E-state index in [-0.39, 0.29) is 30.6 Å². The Morgan fingerprint density at radius 3 is 2.03 bits per heavy atom. The number of amides is 2. The summed E-state index contributed by atoms with van der Waals surface area (Å²) in [6, 6.07) is 16.4. The summed E-state index contributed by atoms with van der Waals surface area (Å²) in [5.41, 5.74) is 2.29. The summed E-state index contributed by atoms with van der Waals surface area (Å²) in [5.74, 6) is -0.430. The number of methoxy groups -OCH3 is 1. The Labute approximate surface area is 170 Å². The third-order valence-electron chi connectivity index (χ3n) is 4.85. The maximum absolute atomic E-state index is 13.1. The molecule has 0 spiro atoms. The molecule has 0 saturated carbocycles. The van der Waals surface area contributed by atoms with Gasteiger partial charge in [-0.1, -0.05) is 42.5 Å². The van der Waals surface area contributed by atoms with Crippen molar-refractivity contribution < 1.29 is 22.7 Å². The number of carbonyl (C=O) groups excluding carboxylic acids is 2. The molecule has 1 saturated heterocycles. The summed E-state index contributed by atoms with van der Waals surface area (Å²) in [4.78, 5) is 28.0. The van der Waals surface area contributed by atoms with E-state index in [2.05, 4.69) is 0 Å². The van der Waals surface area contributed by atoms with Gasteiger partial charge in [0.25, 0.3) is 0 Å². The molecule has 0 aromatic heterocycles. The van der Waals surface area contributed by atoms with Gasteiger partial charge in [-0.25, -0.2) is 18.0 Å². The van der Waals surface area contributed by atoms with Crippen molar-refractivity contribution in [2.45, 2.75) is 13.1 Å². The fourth-order valence-corrected chi connectivity index (χ4v) is 4.38. The van der Waals surface area contributed by atoms with Gasteiger partial charge in [0.1, 0.15) is 0 Å². The van der Waals surface area contributed by atoms with Gasteiger partial charge in [0.05, 0.1) is 24.2 Å². The van der Waals surface area contributed by atoms with Crippen LogP contribution in [0.25, 0.3) is 0 Å². The van der Waals surface area contributed by atoms with Crippen molar-refractivity contribution in [3.05, 3.63) is 71.3 Å². The molecule has 0 bridgehead atoms. The molecule has 8 heteroatoms. The molecule has 7 nitrogen and oxygen atoms in total. The topological polar surface area (TPSA) is 84.0 Å². The van der Waals surface area contributed by atoms with E-state index >= 15 is 0 Å².